The number of alkyl halides is 1. The van der Waals surface area contributed by atoms with Crippen LogP contribution in [0.4, 0.5) is 5.69 Å². The normalized spacial score (nSPS) is 21.1. The fraction of sp³-hybridized carbons (Fsp3) is 0.417. The van der Waals surface area contributed by atoms with Gasteiger partial charge in [-0.1, -0.05) is 35.0 Å². The Morgan fingerprint density at radius 2 is 2.33 bits per heavy atom. The maximum atomic E-state index is 11.7. The minimum atomic E-state index is 0.213. The van der Waals surface area contributed by atoms with Gasteiger partial charge in [0.15, 0.2) is 0 Å². The second-order valence-electron chi connectivity index (χ2n) is 3.83. The van der Waals surface area contributed by atoms with Gasteiger partial charge < -0.3 is 4.90 Å². The van der Waals surface area contributed by atoms with Gasteiger partial charge in [-0.2, -0.15) is 0 Å². The van der Waals surface area contributed by atoms with Gasteiger partial charge >= 0.3 is 0 Å². The predicted octanol–water partition coefficient (Wildman–Crippen LogP) is 2.75. The number of carbonyl (C=O) groups is 1. The molecule has 1 aliphatic rings. The van der Waals surface area contributed by atoms with Gasteiger partial charge in [0.2, 0.25) is 5.91 Å². The van der Waals surface area contributed by atoms with Gasteiger partial charge in [-0.05, 0) is 24.1 Å². The molecule has 0 aromatic heterocycles. The third kappa shape index (κ3) is 2.23. The monoisotopic (exact) mass is 267 g/mol. The maximum absolute atomic E-state index is 11.7. The summed E-state index contributed by atoms with van der Waals surface area (Å²) in [5, 5.41) is 0. The topological polar surface area (TPSA) is 20.3 Å². The first-order valence-electron chi connectivity index (χ1n) is 5.24. The zero-order valence-electron chi connectivity index (χ0n) is 8.74. The van der Waals surface area contributed by atoms with Gasteiger partial charge in [0.25, 0.3) is 0 Å². The fourth-order valence-electron chi connectivity index (χ4n) is 1.86. The standard InChI is InChI=1S/C12H14BrNO/c1-2-9-4-3-5-11(6-9)14-8-10(13)7-12(14)15/h3-6,10H,2,7-8H2,1H3. The summed E-state index contributed by atoms with van der Waals surface area (Å²) >= 11 is 3.49. The van der Waals surface area contributed by atoms with Crippen LogP contribution in [0.3, 0.4) is 0 Å². The van der Waals surface area contributed by atoms with Crippen LogP contribution in [0.1, 0.15) is 18.9 Å². The SMILES string of the molecule is CCc1cccc(N2CC(Br)CC2=O)c1. The van der Waals surface area contributed by atoms with E-state index in [1.54, 1.807) is 0 Å². The summed E-state index contributed by atoms with van der Waals surface area (Å²) in [6.07, 6.45) is 1.62. The zero-order valence-corrected chi connectivity index (χ0v) is 10.3. The Balaban J connectivity index is 2.25. The Bertz CT molecular complexity index is 378. The molecule has 1 aromatic carbocycles. The molecule has 1 heterocycles. The van der Waals surface area contributed by atoms with Gasteiger partial charge in [0.1, 0.15) is 0 Å². The van der Waals surface area contributed by atoms with Crippen LogP contribution < -0.4 is 4.90 Å². The predicted molar refractivity (Wildman–Crippen MR) is 65.5 cm³/mol. The van der Waals surface area contributed by atoms with Crippen LogP contribution in [-0.4, -0.2) is 17.3 Å². The number of aryl methyl sites for hydroxylation is 1. The lowest BCUT2D eigenvalue weighted by Crippen LogP contribution is -2.24. The molecular weight excluding hydrogens is 254 g/mol. The second-order valence-corrected chi connectivity index (χ2v) is 5.12. The van der Waals surface area contributed by atoms with E-state index in [-0.39, 0.29) is 5.91 Å². The number of hydrogen-bond donors (Lipinski definition) is 0. The summed E-state index contributed by atoms with van der Waals surface area (Å²) in [5.74, 6) is 0.213. The van der Waals surface area contributed by atoms with E-state index in [4.69, 9.17) is 0 Å². The molecule has 0 spiro atoms. The van der Waals surface area contributed by atoms with E-state index in [0.29, 0.717) is 11.2 Å². The van der Waals surface area contributed by atoms with Crippen molar-refractivity contribution >= 4 is 27.5 Å². The Hall–Kier alpha value is -0.830. The van der Waals surface area contributed by atoms with Gasteiger partial charge in [-0.15, -0.1) is 0 Å². The van der Waals surface area contributed by atoms with E-state index in [2.05, 4.69) is 35.0 Å². The van der Waals surface area contributed by atoms with Crippen LogP contribution in [0.5, 0.6) is 0 Å². The highest BCUT2D eigenvalue weighted by Crippen LogP contribution is 2.25. The molecule has 1 aromatic rings. The van der Waals surface area contributed by atoms with Gasteiger partial charge in [0.05, 0.1) is 0 Å². The Kier molecular flexibility index (Phi) is 3.10. The Morgan fingerprint density at radius 3 is 2.93 bits per heavy atom. The molecule has 2 rings (SSSR count). The van der Waals surface area contributed by atoms with Crippen molar-refractivity contribution in [2.24, 2.45) is 0 Å². The number of carbonyl (C=O) groups excluding carboxylic acids is 1. The molecule has 0 saturated carbocycles. The van der Waals surface area contributed by atoms with Crippen molar-refractivity contribution in [3.8, 4) is 0 Å². The number of amides is 1. The minimum Gasteiger partial charge on any atom is -0.311 e. The van der Waals surface area contributed by atoms with Crippen molar-refractivity contribution in [2.75, 3.05) is 11.4 Å². The molecule has 1 aliphatic heterocycles. The minimum absolute atomic E-state index is 0.213. The number of halogens is 1. The number of nitrogens with zero attached hydrogens (tertiary/aromatic N) is 1. The first-order chi connectivity index (χ1) is 7.20. The Labute approximate surface area is 98.4 Å². The number of anilines is 1. The molecule has 1 amide bonds. The Morgan fingerprint density at radius 1 is 1.53 bits per heavy atom. The highest BCUT2D eigenvalue weighted by molar-refractivity contribution is 9.09. The van der Waals surface area contributed by atoms with E-state index in [9.17, 15) is 4.79 Å². The van der Waals surface area contributed by atoms with Crippen LogP contribution in [-0.2, 0) is 11.2 Å². The summed E-state index contributed by atoms with van der Waals surface area (Å²) in [7, 11) is 0. The van der Waals surface area contributed by atoms with Crippen molar-refractivity contribution in [3.05, 3.63) is 29.8 Å². The van der Waals surface area contributed by atoms with Gasteiger partial charge in [-0.25, -0.2) is 0 Å². The van der Waals surface area contributed by atoms with E-state index in [1.807, 2.05) is 17.0 Å². The highest BCUT2D eigenvalue weighted by atomic mass is 79.9. The van der Waals surface area contributed by atoms with Crippen molar-refractivity contribution in [2.45, 2.75) is 24.6 Å². The average Bonchev–Trinajstić information content (AvgIpc) is 2.58. The largest absolute Gasteiger partial charge is 0.311 e. The summed E-state index contributed by atoms with van der Waals surface area (Å²) in [6, 6.07) is 8.21. The summed E-state index contributed by atoms with van der Waals surface area (Å²) < 4.78 is 0. The maximum Gasteiger partial charge on any atom is 0.228 e. The number of hydrogen-bond acceptors (Lipinski definition) is 1. The summed E-state index contributed by atoms with van der Waals surface area (Å²) in [6.45, 7) is 2.91. The van der Waals surface area contributed by atoms with Gasteiger partial charge in [0, 0.05) is 23.5 Å². The highest BCUT2D eigenvalue weighted by Gasteiger charge is 2.28. The lowest BCUT2D eigenvalue weighted by Gasteiger charge is -2.16. The molecule has 3 heteroatoms. The number of rotatable bonds is 2. The van der Waals surface area contributed by atoms with Crippen LogP contribution in [0, 0.1) is 0 Å². The molecule has 2 nitrogen and oxygen atoms in total. The molecule has 1 unspecified atom stereocenters. The van der Waals surface area contributed by atoms with Crippen LogP contribution >= 0.6 is 15.9 Å². The number of benzene rings is 1. The first-order valence-corrected chi connectivity index (χ1v) is 6.15. The van der Waals surface area contributed by atoms with Crippen LogP contribution in [0.15, 0.2) is 24.3 Å². The molecule has 1 fully saturated rings. The van der Waals surface area contributed by atoms with Crippen molar-refractivity contribution < 1.29 is 4.79 Å². The van der Waals surface area contributed by atoms with Gasteiger partial charge in [-0.3, -0.25) is 4.79 Å². The van der Waals surface area contributed by atoms with Crippen molar-refractivity contribution in [1.82, 2.24) is 0 Å². The second kappa shape index (κ2) is 4.35. The molecule has 0 radical (unpaired) electrons. The van der Waals surface area contributed by atoms with Crippen LogP contribution in [0.2, 0.25) is 0 Å². The molecule has 0 N–H and O–H groups in total. The molecular formula is C12H14BrNO. The lowest BCUT2D eigenvalue weighted by molar-refractivity contribution is -0.117. The molecule has 0 bridgehead atoms. The van der Waals surface area contributed by atoms with Crippen molar-refractivity contribution in [1.29, 1.82) is 0 Å². The smallest absolute Gasteiger partial charge is 0.228 e. The zero-order chi connectivity index (χ0) is 10.8. The van der Waals surface area contributed by atoms with E-state index >= 15 is 0 Å². The molecule has 1 saturated heterocycles. The summed E-state index contributed by atoms with van der Waals surface area (Å²) in [4.78, 5) is 13.8. The summed E-state index contributed by atoms with van der Waals surface area (Å²) in [5.41, 5.74) is 2.31. The van der Waals surface area contributed by atoms with E-state index in [0.717, 1.165) is 18.7 Å². The quantitative estimate of drug-likeness (QED) is 0.755. The molecule has 80 valence electrons. The third-order valence-electron chi connectivity index (χ3n) is 2.71. The average molecular weight is 268 g/mol. The van der Waals surface area contributed by atoms with E-state index < -0.39 is 0 Å². The molecule has 1 atom stereocenters. The third-order valence-corrected chi connectivity index (χ3v) is 3.32. The molecule has 15 heavy (non-hydrogen) atoms. The fourth-order valence-corrected chi connectivity index (χ4v) is 2.42. The lowest BCUT2D eigenvalue weighted by atomic mass is 10.1. The molecule has 0 aliphatic carbocycles. The first kappa shape index (κ1) is 10.7. The van der Waals surface area contributed by atoms with Crippen molar-refractivity contribution in [3.63, 3.8) is 0 Å². The van der Waals surface area contributed by atoms with Crippen LogP contribution in [0.25, 0.3) is 0 Å². The van der Waals surface area contributed by atoms with E-state index in [1.165, 1.54) is 5.56 Å².